The van der Waals surface area contributed by atoms with Gasteiger partial charge in [-0.1, -0.05) is 66.2 Å². The normalized spacial score (nSPS) is 12.2. The third kappa shape index (κ3) is 5.94. The van der Waals surface area contributed by atoms with Gasteiger partial charge in [0.2, 0.25) is 21.8 Å². The van der Waals surface area contributed by atoms with Gasteiger partial charge in [0.15, 0.2) is 0 Å². The van der Waals surface area contributed by atoms with Crippen molar-refractivity contribution in [3.8, 4) is 0 Å². The number of anilines is 1. The van der Waals surface area contributed by atoms with Crippen LogP contribution in [-0.4, -0.2) is 50.5 Å². The van der Waals surface area contributed by atoms with E-state index < -0.39 is 28.5 Å². The first-order valence-electron chi connectivity index (χ1n) is 11.2. The van der Waals surface area contributed by atoms with Gasteiger partial charge in [0.1, 0.15) is 12.6 Å². The molecule has 0 fully saturated rings. The van der Waals surface area contributed by atoms with Crippen LogP contribution in [-0.2, 0) is 26.2 Å². The van der Waals surface area contributed by atoms with Crippen LogP contribution in [0.2, 0.25) is 0 Å². The van der Waals surface area contributed by atoms with E-state index in [0.717, 1.165) is 32.5 Å². The van der Waals surface area contributed by atoms with Gasteiger partial charge >= 0.3 is 0 Å². The maximum atomic E-state index is 13.6. The van der Waals surface area contributed by atoms with Crippen LogP contribution in [0.15, 0.2) is 66.7 Å². The smallest absolute Gasteiger partial charge is 0.244 e. The number of nitrogens with one attached hydrogen (secondary N) is 1. The van der Waals surface area contributed by atoms with E-state index in [1.807, 2.05) is 68.4 Å². The molecule has 3 aromatic carbocycles. The van der Waals surface area contributed by atoms with Gasteiger partial charge in [-0.05, 0) is 37.8 Å². The number of nitrogens with zero attached hydrogens (tertiary/aromatic N) is 2. The zero-order valence-corrected chi connectivity index (χ0v) is 20.8. The molecule has 2 amide bonds. The SMILES string of the molecule is CCNC(=O)[C@H](C)N(Cc1cccc(C)c1)C(=O)CN(c1cccc2ccccc12)S(C)(=O)=O. The average molecular weight is 482 g/mol. The Morgan fingerprint density at radius 1 is 1.00 bits per heavy atom. The molecule has 180 valence electrons. The molecule has 0 saturated carbocycles. The summed E-state index contributed by atoms with van der Waals surface area (Å²) >= 11 is 0. The van der Waals surface area contributed by atoms with Crippen LogP contribution in [0.25, 0.3) is 10.8 Å². The second-order valence-electron chi connectivity index (χ2n) is 8.35. The summed E-state index contributed by atoms with van der Waals surface area (Å²) in [6.45, 7) is 5.62. The molecule has 0 aromatic heterocycles. The number of rotatable bonds is 9. The Kier molecular flexibility index (Phi) is 7.94. The third-order valence-electron chi connectivity index (χ3n) is 5.67. The molecule has 0 aliphatic rings. The predicted octanol–water partition coefficient (Wildman–Crippen LogP) is 3.47. The first-order chi connectivity index (χ1) is 16.1. The van der Waals surface area contributed by atoms with Gasteiger partial charge in [-0.3, -0.25) is 13.9 Å². The van der Waals surface area contributed by atoms with Gasteiger partial charge in [-0.2, -0.15) is 0 Å². The number of aryl methyl sites for hydroxylation is 1. The second kappa shape index (κ2) is 10.7. The summed E-state index contributed by atoms with van der Waals surface area (Å²) in [6.07, 6.45) is 1.08. The van der Waals surface area contributed by atoms with E-state index in [9.17, 15) is 18.0 Å². The summed E-state index contributed by atoms with van der Waals surface area (Å²) in [5.41, 5.74) is 2.32. The fraction of sp³-hybridized carbons (Fsp3) is 0.308. The highest BCUT2D eigenvalue weighted by molar-refractivity contribution is 7.92. The number of hydrogen-bond donors (Lipinski definition) is 1. The fourth-order valence-corrected chi connectivity index (χ4v) is 4.79. The van der Waals surface area contributed by atoms with Crippen LogP contribution >= 0.6 is 0 Å². The third-order valence-corrected chi connectivity index (χ3v) is 6.79. The molecule has 1 N–H and O–H groups in total. The molecule has 7 nitrogen and oxygen atoms in total. The van der Waals surface area contributed by atoms with Gasteiger partial charge in [0, 0.05) is 18.5 Å². The highest BCUT2D eigenvalue weighted by atomic mass is 32.2. The number of hydrogen-bond acceptors (Lipinski definition) is 4. The Balaban J connectivity index is 2.00. The lowest BCUT2D eigenvalue weighted by atomic mass is 10.1. The summed E-state index contributed by atoms with van der Waals surface area (Å²) in [7, 11) is -3.79. The van der Waals surface area contributed by atoms with Gasteiger partial charge in [0.25, 0.3) is 0 Å². The fourth-order valence-electron chi connectivity index (χ4n) is 3.93. The Hall–Kier alpha value is -3.39. The lowest BCUT2D eigenvalue weighted by Gasteiger charge is -2.31. The van der Waals surface area contributed by atoms with Gasteiger partial charge in [0.05, 0.1) is 11.9 Å². The minimum Gasteiger partial charge on any atom is -0.355 e. The summed E-state index contributed by atoms with van der Waals surface area (Å²) in [5.74, 6) is -0.752. The summed E-state index contributed by atoms with van der Waals surface area (Å²) in [5, 5.41) is 4.35. The number of sulfonamides is 1. The van der Waals surface area contributed by atoms with E-state index >= 15 is 0 Å². The van der Waals surface area contributed by atoms with Crippen LogP contribution in [0, 0.1) is 6.92 Å². The summed E-state index contributed by atoms with van der Waals surface area (Å²) < 4.78 is 26.8. The van der Waals surface area contributed by atoms with Crippen LogP contribution < -0.4 is 9.62 Å². The quantitative estimate of drug-likeness (QED) is 0.507. The maximum absolute atomic E-state index is 13.6. The lowest BCUT2D eigenvalue weighted by Crippen LogP contribution is -2.51. The molecule has 34 heavy (non-hydrogen) atoms. The molecule has 8 heteroatoms. The number of likely N-dealkylation sites (N-methyl/N-ethyl adjacent to an activating group) is 1. The molecule has 3 rings (SSSR count). The predicted molar refractivity (Wildman–Crippen MR) is 136 cm³/mol. The van der Waals surface area contributed by atoms with Crippen LogP contribution in [0.1, 0.15) is 25.0 Å². The maximum Gasteiger partial charge on any atom is 0.244 e. The second-order valence-corrected chi connectivity index (χ2v) is 10.3. The molecule has 3 aromatic rings. The van der Waals surface area contributed by atoms with E-state index in [-0.39, 0.29) is 12.5 Å². The molecule has 0 spiro atoms. The highest BCUT2D eigenvalue weighted by Crippen LogP contribution is 2.28. The van der Waals surface area contributed by atoms with Crippen LogP contribution in [0.5, 0.6) is 0 Å². The van der Waals surface area contributed by atoms with Crippen molar-refractivity contribution in [2.75, 3.05) is 23.7 Å². The van der Waals surface area contributed by atoms with Crippen molar-refractivity contribution in [3.05, 3.63) is 77.9 Å². The van der Waals surface area contributed by atoms with Crippen LogP contribution in [0.4, 0.5) is 5.69 Å². The monoisotopic (exact) mass is 481 g/mol. The highest BCUT2D eigenvalue weighted by Gasteiger charge is 2.30. The van der Waals surface area contributed by atoms with E-state index in [1.165, 1.54) is 4.90 Å². The Morgan fingerprint density at radius 3 is 2.35 bits per heavy atom. The molecule has 0 bridgehead atoms. The summed E-state index contributed by atoms with van der Waals surface area (Å²) in [6, 6.07) is 19.7. The van der Waals surface area contributed by atoms with Gasteiger partial charge in [-0.25, -0.2) is 8.42 Å². The average Bonchev–Trinajstić information content (AvgIpc) is 2.79. The number of fused-ring (bicyclic) bond motifs is 1. The largest absolute Gasteiger partial charge is 0.355 e. The molecule has 0 heterocycles. The minimum atomic E-state index is -3.79. The number of amides is 2. The molecular formula is C26H31N3O4S. The Labute approximate surface area is 201 Å². The minimum absolute atomic E-state index is 0.186. The van der Waals surface area contributed by atoms with E-state index in [1.54, 1.807) is 19.1 Å². The van der Waals surface area contributed by atoms with E-state index in [4.69, 9.17) is 0 Å². The Bertz CT molecular complexity index is 1280. The van der Waals surface area contributed by atoms with Crippen molar-refractivity contribution < 1.29 is 18.0 Å². The first kappa shape index (κ1) is 25.2. The zero-order valence-electron chi connectivity index (χ0n) is 20.0. The molecule has 0 saturated heterocycles. The molecule has 0 unspecified atom stereocenters. The molecule has 0 radical (unpaired) electrons. The van der Waals surface area contributed by atoms with E-state index in [2.05, 4.69) is 5.32 Å². The number of carbonyl (C=O) groups excluding carboxylic acids is 2. The zero-order chi connectivity index (χ0) is 24.9. The van der Waals surface area contributed by atoms with Crippen LogP contribution in [0.3, 0.4) is 0 Å². The van der Waals surface area contributed by atoms with Gasteiger partial charge in [-0.15, -0.1) is 0 Å². The van der Waals surface area contributed by atoms with Crippen molar-refractivity contribution in [1.29, 1.82) is 0 Å². The Morgan fingerprint density at radius 2 is 1.68 bits per heavy atom. The van der Waals surface area contributed by atoms with E-state index in [0.29, 0.717) is 12.2 Å². The molecule has 1 atom stereocenters. The van der Waals surface area contributed by atoms with Crippen molar-refractivity contribution in [2.24, 2.45) is 0 Å². The van der Waals surface area contributed by atoms with Crippen molar-refractivity contribution in [3.63, 3.8) is 0 Å². The lowest BCUT2D eigenvalue weighted by molar-refractivity contribution is -0.139. The topological polar surface area (TPSA) is 86.8 Å². The molecule has 0 aliphatic heterocycles. The van der Waals surface area contributed by atoms with Crippen molar-refractivity contribution >= 4 is 38.3 Å². The first-order valence-corrected chi connectivity index (χ1v) is 13.0. The van der Waals surface area contributed by atoms with Crippen molar-refractivity contribution in [2.45, 2.75) is 33.4 Å². The van der Waals surface area contributed by atoms with Gasteiger partial charge < -0.3 is 10.2 Å². The molecular weight excluding hydrogens is 450 g/mol. The molecule has 0 aliphatic carbocycles. The summed E-state index contributed by atoms with van der Waals surface area (Å²) in [4.78, 5) is 27.7. The standard InChI is InChI=1S/C26H31N3O4S/c1-5-27-26(31)20(3)28(17-21-11-8-10-19(2)16-21)25(30)18-29(34(4,32)33)24-15-9-13-22-12-6-7-14-23(22)24/h6-16,20H,5,17-18H2,1-4H3,(H,27,31)/t20-/m0/s1. The number of benzene rings is 3. The number of carbonyl (C=O) groups is 2. The van der Waals surface area contributed by atoms with Crippen molar-refractivity contribution in [1.82, 2.24) is 10.2 Å².